The fourth-order valence-electron chi connectivity index (χ4n) is 6.59. The maximum Gasteiger partial charge on any atom is 0.150 e. The first-order valence-electron chi connectivity index (χ1n) is 14.6. The lowest BCUT2D eigenvalue weighted by Crippen LogP contribution is -2.00. The molecule has 0 aliphatic carbocycles. The van der Waals surface area contributed by atoms with Gasteiger partial charge in [0.25, 0.3) is 0 Å². The Bertz CT molecular complexity index is 2550. The van der Waals surface area contributed by atoms with Gasteiger partial charge >= 0.3 is 0 Å². The molecular formula is C38H25FN4O. The first-order chi connectivity index (χ1) is 21.7. The summed E-state index contributed by atoms with van der Waals surface area (Å²) in [5, 5.41) is 4.01. The van der Waals surface area contributed by atoms with Gasteiger partial charge in [0.15, 0.2) is 6.17 Å². The highest BCUT2D eigenvalue weighted by Crippen LogP contribution is 2.40. The molecule has 4 heterocycles. The molecule has 4 aromatic heterocycles. The topological polar surface area (TPSA) is 48.8 Å². The number of furan rings is 1. The third kappa shape index (κ3) is 3.57. The largest absolute Gasteiger partial charge is 0.455 e. The van der Waals surface area contributed by atoms with Crippen LogP contribution in [0.15, 0.2) is 132 Å². The maximum absolute atomic E-state index is 16.4. The van der Waals surface area contributed by atoms with Crippen molar-refractivity contribution in [3.05, 3.63) is 139 Å². The van der Waals surface area contributed by atoms with E-state index in [-0.39, 0.29) is 0 Å². The monoisotopic (exact) mass is 572 g/mol. The predicted molar refractivity (Wildman–Crippen MR) is 175 cm³/mol. The zero-order valence-electron chi connectivity index (χ0n) is 23.8. The second kappa shape index (κ2) is 9.38. The molecule has 0 aliphatic heterocycles. The normalized spacial score (nSPS) is 12.7. The quantitative estimate of drug-likeness (QED) is 0.211. The van der Waals surface area contributed by atoms with Gasteiger partial charge in [0.2, 0.25) is 0 Å². The van der Waals surface area contributed by atoms with Crippen LogP contribution < -0.4 is 0 Å². The number of pyridine rings is 1. The van der Waals surface area contributed by atoms with Crippen LogP contribution >= 0.6 is 0 Å². The van der Waals surface area contributed by atoms with Crippen molar-refractivity contribution < 1.29 is 8.81 Å². The van der Waals surface area contributed by atoms with Crippen molar-refractivity contribution in [3.63, 3.8) is 0 Å². The van der Waals surface area contributed by atoms with Gasteiger partial charge in [-0.2, -0.15) is 0 Å². The number of para-hydroxylation sites is 4. The Morgan fingerprint density at radius 3 is 2.30 bits per heavy atom. The number of benzene rings is 5. The summed E-state index contributed by atoms with van der Waals surface area (Å²) in [5.74, 6) is 0.808. The summed E-state index contributed by atoms with van der Waals surface area (Å²) in [4.78, 5) is 9.77. The van der Waals surface area contributed by atoms with Crippen LogP contribution in [0.25, 0.3) is 72.0 Å². The zero-order valence-corrected chi connectivity index (χ0v) is 23.8. The number of hydrogen-bond acceptors (Lipinski definition) is 3. The Kier molecular flexibility index (Phi) is 5.29. The van der Waals surface area contributed by atoms with Gasteiger partial charge in [-0.3, -0.25) is 4.57 Å². The number of halogens is 1. The van der Waals surface area contributed by atoms with E-state index in [0.29, 0.717) is 11.1 Å². The molecule has 0 bridgehead atoms. The van der Waals surface area contributed by atoms with Gasteiger partial charge in [-0.25, -0.2) is 14.4 Å². The van der Waals surface area contributed by atoms with Crippen molar-refractivity contribution in [2.24, 2.45) is 7.05 Å². The van der Waals surface area contributed by atoms with Gasteiger partial charge < -0.3 is 8.98 Å². The minimum Gasteiger partial charge on any atom is -0.455 e. The smallest absolute Gasteiger partial charge is 0.150 e. The van der Waals surface area contributed by atoms with Gasteiger partial charge in [-0.05, 0) is 53.6 Å². The van der Waals surface area contributed by atoms with E-state index in [1.807, 2.05) is 116 Å². The molecule has 0 saturated heterocycles. The number of aryl methyl sites for hydroxylation is 1. The Morgan fingerprint density at radius 2 is 1.43 bits per heavy atom. The lowest BCUT2D eigenvalue weighted by atomic mass is 10.00. The molecule has 0 spiro atoms. The van der Waals surface area contributed by atoms with E-state index >= 15 is 4.39 Å². The number of imidazole rings is 1. The molecule has 9 rings (SSSR count). The Hall–Kier alpha value is -5.75. The first kappa shape index (κ1) is 24.8. The molecule has 1 unspecified atom stereocenters. The summed E-state index contributed by atoms with van der Waals surface area (Å²) in [6.45, 7) is 0. The average Bonchev–Trinajstić information content (AvgIpc) is 3.74. The Morgan fingerprint density at radius 1 is 0.705 bits per heavy atom. The molecule has 0 amide bonds. The second-order valence-corrected chi connectivity index (χ2v) is 11.2. The molecule has 6 heteroatoms. The predicted octanol–water partition coefficient (Wildman–Crippen LogP) is 9.69. The fraction of sp³-hybridized carbons (Fsp3) is 0.0526. The van der Waals surface area contributed by atoms with E-state index < -0.39 is 6.17 Å². The molecule has 44 heavy (non-hydrogen) atoms. The van der Waals surface area contributed by atoms with Crippen LogP contribution in [0.5, 0.6) is 0 Å². The lowest BCUT2D eigenvalue weighted by molar-refractivity contribution is 0.402. The molecule has 1 atom stereocenters. The van der Waals surface area contributed by atoms with Gasteiger partial charge in [0, 0.05) is 40.7 Å². The van der Waals surface area contributed by atoms with E-state index in [1.165, 1.54) is 0 Å². The maximum atomic E-state index is 16.4. The molecule has 5 nitrogen and oxygen atoms in total. The van der Waals surface area contributed by atoms with Crippen LogP contribution in [-0.4, -0.2) is 19.1 Å². The average molecular weight is 573 g/mol. The molecule has 9 aromatic rings. The van der Waals surface area contributed by atoms with Crippen LogP contribution in [0.3, 0.4) is 0 Å². The van der Waals surface area contributed by atoms with Crippen molar-refractivity contribution >= 4 is 54.9 Å². The van der Waals surface area contributed by atoms with E-state index in [2.05, 4.69) is 27.3 Å². The zero-order chi connectivity index (χ0) is 29.4. The lowest BCUT2D eigenvalue weighted by Gasteiger charge is -2.14. The summed E-state index contributed by atoms with van der Waals surface area (Å²) in [7, 11) is 1.99. The van der Waals surface area contributed by atoms with E-state index in [9.17, 15) is 0 Å². The summed E-state index contributed by atoms with van der Waals surface area (Å²) >= 11 is 0. The van der Waals surface area contributed by atoms with Gasteiger partial charge in [-0.15, -0.1) is 0 Å². The van der Waals surface area contributed by atoms with Crippen LogP contribution in [0.2, 0.25) is 0 Å². The molecule has 0 aliphatic rings. The summed E-state index contributed by atoms with van der Waals surface area (Å²) in [5.41, 5.74) is 8.22. The highest BCUT2D eigenvalue weighted by molar-refractivity contribution is 6.22. The first-order valence-corrected chi connectivity index (χ1v) is 14.6. The van der Waals surface area contributed by atoms with E-state index in [1.54, 1.807) is 0 Å². The van der Waals surface area contributed by atoms with E-state index in [4.69, 9.17) is 14.4 Å². The number of nitrogens with zero attached hydrogens (tertiary/aromatic N) is 4. The highest BCUT2D eigenvalue weighted by Gasteiger charge is 2.21. The summed E-state index contributed by atoms with van der Waals surface area (Å²) in [6, 6.07) is 39.6. The standard InChI is InChI=1S/C38H25FN4O/c1-42-32-18-6-4-16-30(32)41-37(42)25-12-8-10-23(20-25)35(39)24-11-9-13-26(21-24)43-31-17-5-2-15-28(31)34-36-29(22-40-38(34)43)27-14-3-7-19-33(27)44-36/h2-22,35H,1H3. The number of aromatic nitrogens is 4. The molecule has 0 saturated carbocycles. The van der Waals surface area contributed by atoms with Crippen LogP contribution in [0.4, 0.5) is 4.39 Å². The highest BCUT2D eigenvalue weighted by atomic mass is 19.1. The van der Waals surface area contributed by atoms with E-state index in [0.717, 1.165) is 72.0 Å². The molecule has 210 valence electrons. The molecule has 0 radical (unpaired) electrons. The number of rotatable bonds is 4. The third-order valence-corrected chi connectivity index (χ3v) is 8.67. The minimum atomic E-state index is -1.33. The van der Waals surface area contributed by atoms with Crippen LogP contribution in [0.1, 0.15) is 17.3 Å². The van der Waals surface area contributed by atoms with Crippen LogP contribution in [-0.2, 0) is 7.05 Å². The summed E-state index contributed by atoms with van der Waals surface area (Å²) < 4.78 is 26.9. The Labute approximate surface area is 251 Å². The Balaban J connectivity index is 1.18. The third-order valence-electron chi connectivity index (χ3n) is 8.67. The van der Waals surface area contributed by atoms with Crippen molar-refractivity contribution in [1.82, 2.24) is 19.1 Å². The molecule has 0 N–H and O–H groups in total. The van der Waals surface area contributed by atoms with Crippen molar-refractivity contribution in [2.45, 2.75) is 6.17 Å². The van der Waals surface area contributed by atoms with Gasteiger partial charge in [0.1, 0.15) is 22.6 Å². The van der Waals surface area contributed by atoms with Crippen LogP contribution in [0, 0.1) is 0 Å². The molecule has 5 aromatic carbocycles. The number of alkyl halides is 1. The van der Waals surface area contributed by atoms with Crippen molar-refractivity contribution in [1.29, 1.82) is 0 Å². The number of hydrogen-bond donors (Lipinski definition) is 0. The SMILES string of the molecule is Cn1c(-c2cccc(C(F)c3cccc(-n4c5ccccc5c5c6oc7ccccc7c6cnc54)c3)c2)nc2ccccc21. The number of fused-ring (bicyclic) bond motifs is 8. The summed E-state index contributed by atoms with van der Waals surface area (Å²) in [6.07, 6.45) is 0.556. The van der Waals surface area contributed by atoms with Gasteiger partial charge in [0.05, 0.1) is 21.9 Å². The van der Waals surface area contributed by atoms with Crippen molar-refractivity contribution in [2.75, 3.05) is 0 Å². The second-order valence-electron chi connectivity index (χ2n) is 11.2. The fourth-order valence-corrected chi connectivity index (χ4v) is 6.59. The van der Waals surface area contributed by atoms with Gasteiger partial charge in [-0.1, -0.05) is 78.9 Å². The molecular weight excluding hydrogens is 547 g/mol. The minimum absolute atomic E-state index is 0.570. The van der Waals surface area contributed by atoms with Crippen molar-refractivity contribution in [3.8, 4) is 17.1 Å². The molecule has 0 fully saturated rings.